The van der Waals surface area contributed by atoms with E-state index < -0.39 is 18.0 Å². The first-order valence-electron chi connectivity index (χ1n) is 3.31. The fraction of sp³-hybridized carbons (Fsp3) is 0.500. The Morgan fingerprint density at radius 1 is 1.36 bits per heavy atom. The zero-order valence-electron chi connectivity index (χ0n) is 7.14. The van der Waals surface area contributed by atoms with E-state index in [1.165, 1.54) is 0 Å². The number of hydrogen-bond donors (Lipinski definition) is 4. The molecule has 1 radical (unpaired) electrons. The summed E-state index contributed by atoms with van der Waals surface area (Å²) in [4.78, 5) is 28.5. The molecule has 0 aliphatic rings. The summed E-state index contributed by atoms with van der Waals surface area (Å²) in [5.41, 5.74) is 9.17. The van der Waals surface area contributed by atoms with Gasteiger partial charge in [0.05, 0.1) is 0 Å². The number of amides is 1. The minimum atomic E-state index is -1.17. The number of primary amides is 1. The molecule has 6 N–H and O–H groups in total. The summed E-state index contributed by atoms with van der Waals surface area (Å²) in [7, 11) is 0. The molecule has 1 amide bonds. The Balaban J connectivity index is -0.000000267. The van der Waals surface area contributed by atoms with Crippen LogP contribution in [-0.2, 0) is 31.5 Å². The third kappa shape index (κ3) is 17.1. The molecule has 7 nitrogen and oxygen atoms in total. The predicted octanol–water partition coefficient (Wildman–Crippen LogP) is -1.64. The van der Waals surface area contributed by atoms with Crippen LogP contribution >= 0.6 is 0 Å². The molecule has 0 spiro atoms. The van der Waals surface area contributed by atoms with Crippen molar-refractivity contribution < 1.29 is 41.7 Å². The topological polar surface area (TPSA) is 144 Å². The average Bonchev–Trinajstić information content (AvgIpc) is 2.01. The van der Waals surface area contributed by atoms with Crippen LogP contribution in [-0.4, -0.2) is 34.6 Å². The number of aliphatic carboxylic acids is 2. The third-order valence-electron chi connectivity index (χ3n) is 0.986. The number of carboxylic acid groups (broad SMARTS) is 2. The SMILES string of the molecule is NC=O.N[C@@H](CCC(=O)O)C(=O)O.[Cu]. The number of hydrogen-bond acceptors (Lipinski definition) is 4. The van der Waals surface area contributed by atoms with Gasteiger partial charge < -0.3 is 21.7 Å². The molecule has 0 aliphatic carbocycles. The molecule has 1 atom stereocenters. The van der Waals surface area contributed by atoms with Gasteiger partial charge in [0, 0.05) is 23.5 Å². The maximum atomic E-state index is 9.99. The normalized spacial score (nSPS) is 9.79. The van der Waals surface area contributed by atoms with Gasteiger partial charge in [0.2, 0.25) is 6.41 Å². The van der Waals surface area contributed by atoms with Gasteiger partial charge in [-0.15, -0.1) is 0 Å². The Hall–Kier alpha value is -1.11. The second-order valence-corrected chi connectivity index (χ2v) is 2.01. The molecule has 87 valence electrons. The van der Waals surface area contributed by atoms with Gasteiger partial charge in [-0.1, -0.05) is 0 Å². The van der Waals surface area contributed by atoms with E-state index in [4.69, 9.17) is 20.7 Å². The summed E-state index contributed by atoms with van der Waals surface area (Å²) >= 11 is 0. The molecule has 0 bridgehead atoms. The van der Waals surface area contributed by atoms with E-state index in [9.17, 15) is 9.59 Å². The van der Waals surface area contributed by atoms with Gasteiger partial charge in [-0.25, -0.2) is 0 Å². The van der Waals surface area contributed by atoms with Crippen LogP contribution < -0.4 is 11.5 Å². The van der Waals surface area contributed by atoms with Crippen molar-refractivity contribution in [3.05, 3.63) is 0 Å². The van der Waals surface area contributed by atoms with E-state index in [0.717, 1.165) is 0 Å². The van der Waals surface area contributed by atoms with E-state index in [1.807, 2.05) is 0 Å². The molecule has 0 aromatic heterocycles. The zero-order valence-corrected chi connectivity index (χ0v) is 8.09. The quantitative estimate of drug-likeness (QED) is 0.350. The smallest absolute Gasteiger partial charge is 0.320 e. The van der Waals surface area contributed by atoms with E-state index in [-0.39, 0.29) is 36.3 Å². The Kier molecular flexibility index (Phi) is 15.8. The molecule has 0 aliphatic heterocycles. The van der Waals surface area contributed by atoms with Crippen molar-refractivity contribution in [3.8, 4) is 0 Å². The van der Waals surface area contributed by atoms with Crippen molar-refractivity contribution >= 4 is 18.3 Å². The van der Waals surface area contributed by atoms with Crippen molar-refractivity contribution in [2.45, 2.75) is 18.9 Å². The first-order valence-corrected chi connectivity index (χ1v) is 3.31. The van der Waals surface area contributed by atoms with Gasteiger partial charge in [-0.3, -0.25) is 14.4 Å². The van der Waals surface area contributed by atoms with Crippen LogP contribution in [0.15, 0.2) is 0 Å². The van der Waals surface area contributed by atoms with Crippen LogP contribution in [0.25, 0.3) is 0 Å². The van der Waals surface area contributed by atoms with E-state index in [0.29, 0.717) is 0 Å². The molecule has 0 aromatic rings. The molecule has 0 unspecified atom stereocenters. The molecular formula is C6H12CuN2O5. The van der Waals surface area contributed by atoms with Crippen LogP contribution in [0, 0.1) is 0 Å². The summed E-state index contributed by atoms with van der Waals surface area (Å²) in [6.07, 6.45) is 0.0259. The molecule has 8 heteroatoms. The van der Waals surface area contributed by atoms with Gasteiger partial charge in [0.15, 0.2) is 0 Å². The summed E-state index contributed by atoms with van der Waals surface area (Å²) in [6, 6.07) is -1.06. The first-order chi connectivity index (χ1) is 5.95. The largest absolute Gasteiger partial charge is 0.481 e. The summed E-state index contributed by atoms with van der Waals surface area (Å²) in [5.74, 6) is -2.20. The molecule has 0 heterocycles. The van der Waals surface area contributed by atoms with E-state index >= 15 is 0 Å². The number of carbonyl (C=O) groups excluding carboxylic acids is 1. The van der Waals surface area contributed by atoms with Crippen molar-refractivity contribution in [2.24, 2.45) is 11.5 Å². The summed E-state index contributed by atoms with van der Waals surface area (Å²) in [5, 5.41) is 16.3. The van der Waals surface area contributed by atoms with E-state index in [2.05, 4.69) is 5.73 Å². The Morgan fingerprint density at radius 3 is 1.93 bits per heavy atom. The monoisotopic (exact) mass is 255 g/mol. The minimum absolute atomic E-state index is 0. The fourth-order valence-electron chi connectivity index (χ4n) is 0.402. The van der Waals surface area contributed by atoms with Crippen molar-refractivity contribution in [2.75, 3.05) is 0 Å². The molecule has 0 saturated heterocycles. The van der Waals surface area contributed by atoms with Crippen LogP contribution in [0.5, 0.6) is 0 Å². The molecule has 0 rings (SSSR count). The van der Waals surface area contributed by atoms with Crippen LogP contribution in [0.1, 0.15) is 12.8 Å². The van der Waals surface area contributed by atoms with Gasteiger partial charge in [0.25, 0.3) is 0 Å². The molecule has 0 saturated carbocycles. The molecule has 0 aromatic carbocycles. The fourth-order valence-corrected chi connectivity index (χ4v) is 0.402. The number of nitrogens with two attached hydrogens (primary N) is 2. The maximum Gasteiger partial charge on any atom is 0.320 e. The Morgan fingerprint density at radius 2 is 1.71 bits per heavy atom. The van der Waals surface area contributed by atoms with Crippen LogP contribution in [0.2, 0.25) is 0 Å². The van der Waals surface area contributed by atoms with E-state index in [1.54, 1.807) is 0 Å². The minimum Gasteiger partial charge on any atom is -0.481 e. The maximum absolute atomic E-state index is 9.99. The Bertz CT molecular complexity index is 187. The molecule has 0 fully saturated rings. The number of rotatable bonds is 4. The number of carboxylic acids is 2. The summed E-state index contributed by atoms with van der Waals surface area (Å²) in [6.45, 7) is 0. The third-order valence-corrected chi connectivity index (χ3v) is 0.986. The standard InChI is InChI=1S/C5H9NO4.CH3NO.Cu/c6-3(5(9)10)1-2-4(7)8;2-1-3;/h3H,1-2,6H2,(H,7,8)(H,9,10);1H,(H2,2,3);/t3-;;/m0../s1. The number of carbonyl (C=O) groups is 3. The van der Waals surface area contributed by atoms with Crippen LogP contribution in [0.3, 0.4) is 0 Å². The van der Waals surface area contributed by atoms with Gasteiger partial charge in [-0.2, -0.15) is 0 Å². The molecule has 14 heavy (non-hydrogen) atoms. The van der Waals surface area contributed by atoms with Gasteiger partial charge >= 0.3 is 11.9 Å². The van der Waals surface area contributed by atoms with Crippen molar-refractivity contribution in [1.29, 1.82) is 0 Å². The summed E-state index contributed by atoms with van der Waals surface area (Å²) < 4.78 is 0. The predicted molar refractivity (Wildman–Crippen MR) is 42.7 cm³/mol. The second kappa shape index (κ2) is 11.9. The van der Waals surface area contributed by atoms with Gasteiger partial charge in [0.1, 0.15) is 6.04 Å². The van der Waals surface area contributed by atoms with Gasteiger partial charge in [-0.05, 0) is 6.42 Å². The van der Waals surface area contributed by atoms with Crippen molar-refractivity contribution in [1.82, 2.24) is 0 Å². The zero-order chi connectivity index (χ0) is 10.9. The Labute approximate surface area is 90.9 Å². The van der Waals surface area contributed by atoms with Crippen LogP contribution in [0.4, 0.5) is 0 Å². The first kappa shape index (κ1) is 18.6. The average molecular weight is 256 g/mol. The molecular weight excluding hydrogens is 244 g/mol. The second-order valence-electron chi connectivity index (χ2n) is 2.01. The van der Waals surface area contributed by atoms with Crippen molar-refractivity contribution in [3.63, 3.8) is 0 Å².